The molecule has 1 aromatic rings. The van der Waals surface area contributed by atoms with E-state index in [4.69, 9.17) is 38.3 Å². The molecule has 6 nitrogen and oxygen atoms in total. The van der Waals surface area contributed by atoms with E-state index in [9.17, 15) is 9.59 Å². The van der Waals surface area contributed by atoms with Crippen LogP contribution in [-0.4, -0.2) is 42.6 Å². The van der Waals surface area contributed by atoms with Gasteiger partial charge in [0.2, 0.25) is 0 Å². The highest BCUT2D eigenvalue weighted by atomic mass is 35.5. The quantitative estimate of drug-likeness (QED) is 0.715. The third-order valence-electron chi connectivity index (χ3n) is 3.27. The Balaban J connectivity index is 2.77. The number of hydrogen-bond acceptors (Lipinski definition) is 4. The predicted octanol–water partition coefficient (Wildman–Crippen LogP) is 3.01. The van der Waals surface area contributed by atoms with Crippen molar-refractivity contribution in [3.63, 3.8) is 0 Å². The number of carbonyl (C=O) groups excluding carboxylic acids is 1. The van der Waals surface area contributed by atoms with Gasteiger partial charge in [0.1, 0.15) is 0 Å². The standard InChI is InChI=1S/C18H18Cl2N2O4/c1-22(2)18(25)13(11-21)6-4-3-5-12-7-8-14(19)17(16(12)20)26-10-9-15(23)24/h7-8,13H,3,5,9-10H2,1-2H3,(H,23,24). The second-order valence-corrected chi connectivity index (χ2v) is 6.24. The minimum Gasteiger partial charge on any atom is -0.490 e. The summed E-state index contributed by atoms with van der Waals surface area (Å²) >= 11 is 12.3. The molecule has 0 saturated heterocycles. The van der Waals surface area contributed by atoms with Crippen LogP contribution >= 0.6 is 23.2 Å². The lowest BCUT2D eigenvalue weighted by atomic mass is 10.1. The molecule has 0 aliphatic carbocycles. The Labute approximate surface area is 162 Å². The van der Waals surface area contributed by atoms with Gasteiger partial charge in [-0.1, -0.05) is 35.2 Å². The van der Waals surface area contributed by atoms with Crippen LogP contribution in [0.2, 0.25) is 10.0 Å². The predicted molar refractivity (Wildman–Crippen MR) is 98.1 cm³/mol. The summed E-state index contributed by atoms with van der Waals surface area (Å²) in [5.74, 6) is 3.34. The number of aryl methyl sites for hydroxylation is 1. The highest BCUT2D eigenvalue weighted by Gasteiger charge is 2.16. The van der Waals surface area contributed by atoms with Gasteiger partial charge in [-0.2, -0.15) is 5.26 Å². The lowest BCUT2D eigenvalue weighted by Crippen LogP contribution is -2.27. The molecule has 0 aromatic heterocycles. The van der Waals surface area contributed by atoms with Crippen molar-refractivity contribution in [1.82, 2.24) is 4.90 Å². The van der Waals surface area contributed by atoms with Crippen LogP contribution in [0.15, 0.2) is 12.1 Å². The molecule has 8 heteroatoms. The van der Waals surface area contributed by atoms with Crippen molar-refractivity contribution in [2.75, 3.05) is 20.7 Å². The molecule has 0 spiro atoms. The van der Waals surface area contributed by atoms with Crippen molar-refractivity contribution in [1.29, 1.82) is 5.26 Å². The molecule has 0 fully saturated rings. The van der Waals surface area contributed by atoms with Gasteiger partial charge in [0, 0.05) is 20.5 Å². The number of nitriles is 1. The number of carboxylic acid groups (broad SMARTS) is 1. The topological polar surface area (TPSA) is 90.6 Å². The Hall–Kier alpha value is -2.41. The van der Waals surface area contributed by atoms with E-state index in [0.717, 1.165) is 5.56 Å². The molecule has 1 atom stereocenters. The summed E-state index contributed by atoms with van der Waals surface area (Å²) in [5, 5.41) is 18.2. The summed E-state index contributed by atoms with van der Waals surface area (Å²) < 4.78 is 5.36. The maximum atomic E-state index is 11.7. The molecule has 0 bridgehead atoms. The molecular formula is C18H18Cl2N2O4. The number of halogens is 2. The first kappa shape index (κ1) is 21.6. The van der Waals surface area contributed by atoms with Crippen LogP contribution in [0.1, 0.15) is 18.4 Å². The third-order valence-corrected chi connectivity index (χ3v) is 3.99. The van der Waals surface area contributed by atoms with Crippen LogP contribution in [0, 0.1) is 29.1 Å². The molecule has 1 N–H and O–H groups in total. The average molecular weight is 397 g/mol. The van der Waals surface area contributed by atoms with E-state index in [1.165, 1.54) is 4.90 Å². The summed E-state index contributed by atoms with van der Waals surface area (Å²) in [4.78, 5) is 23.6. The van der Waals surface area contributed by atoms with Crippen LogP contribution in [-0.2, 0) is 16.0 Å². The maximum absolute atomic E-state index is 11.7. The monoisotopic (exact) mass is 396 g/mol. The van der Waals surface area contributed by atoms with E-state index in [1.54, 1.807) is 26.2 Å². The van der Waals surface area contributed by atoms with Crippen molar-refractivity contribution >= 4 is 35.1 Å². The Morgan fingerprint density at radius 1 is 1.35 bits per heavy atom. The Bertz CT molecular complexity index is 776. The summed E-state index contributed by atoms with van der Waals surface area (Å²) in [6, 6.07) is 5.20. The van der Waals surface area contributed by atoms with Gasteiger partial charge in [-0.25, -0.2) is 0 Å². The molecule has 26 heavy (non-hydrogen) atoms. The van der Waals surface area contributed by atoms with Crippen LogP contribution in [0.25, 0.3) is 0 Å². The fraction of sp³-hybridized carbons (Fsp3) is 0.389. The highest BCUT2D eigenvalue weighted by molar-refractivity contribution is 6.37. The van der Waals surface area contributed by atoms with Crippen molar-refractivity contribution in [2.45, 2.75) is 19.3 Å². The van der Waals surface area contributed by atoms with Crippen LogP contribution in [0.3, 0.4) is 0 Å². The minimum atomic E-state index is -0.999. The first-order valence-corrected chi connectivity index (χ1v) is 8.44. The third kappa shape index (κ3) is 6.48. The first-order valence-electron chi connectivity index (χ1n) is 7.68. The summed E-state index contributed by atoms with van der Waals surface area (Å²) in [5.41, 5.74) is 0.725. The molecule has 0 heterocycles. The summed E-state index contributed by atoms with van der Waals surface area (Å²) in [6.07, 6.45) is 0.680. The zero-order valence-corrected chi connectivity index (χ0v) is 15.9. The van der Waals surface area contributed by atoms with Crippen LogP contribution in [0.4, 0.5) is 0 Å². The molecule has 0 aliphatic heterocycles. The van der Waals surface area contributed by atoms with E-state index < -0.39 is 11.9 Å². The number of amides is 1. The number of aliphatic carboxylic acids is 1. The van der Waals surface area contributed by atoms with Crippen molar-refractivity contribution < 1.29 is 19.4 Å². The molecule has 0 radical (unpaired) electrons. The lowest BCUT2D eigenvalue weighted by Gasteiger charge is -2.12. The van der Waals surface area contributed by atoms with E-state index in [-0.39, 0.29) is 29.7 Å². The van der Waals surface area contributed by atoms with E-state index >= 15 is 0 Å². The molecule has 1 rings (SSSR count). The lowest BCUT2D eigenvalue weighted by molar-refractivity contribution is -0.137. The van der Waals surface area contributed by atoms with Gasteiger partial charge in [-0.05, 0) is 18.1 Å². The van der Waals surface area contributed by atoms with Crippen LogP contribution in [0.5, 0.6) is 5.75 Å². The number of carbonyl (C=O) groups is 2. The maximum Gasteiger partial charge on any atom is 0.306 e. The minimum absolute atomic E-state index is 0.0471. The van der Waals surface area contributed by atoms with Gasteiger partial charge in [-0.15, -0.1) is 5.92 Å². The second-order valence-electron chi connectivity index (χ2n) is 5.46. The van der Waals surface area contributed by atoms with Gasteiger partial charge in [0.25, 0.3) is 5.91 Å². The summed E-state index contributed by atoms with van der Waals surface area (Å²) in [7, 11) is 3.13. The van der Waals surface area contributed by atoms with Crippen molar-refractivity contribution in [2.24, 2.45) is 5.92 Å². The van der Waals surface area contributed by atoms with Gasteiger partial charge < -0.3 is 14.7 Å². The fourth-order valence-corrected chi connectivity index (χ4v) is 2.49. The van der Waals surface area contributed by atoms with Crippen molar-refractivity contribution in [3.8, 4) is 23.7 Å². The van der Waals surface area contributed by atoms with Crippen molar-refractivity contribution in [3.05, 3.63) is 27.7 Å². The fourth-order valence-electron chi connectivity index (χ4n) is 1.92. The Kier molecular flexibility index (Phi) is 8.78. The highest BCUT2D eigenvalue weighted by Crippen LogP contribution is 2.36. The number of nitrogens with zero attached hydrogens (tertiary/aromatic N) is 2. The number of carboxylic acids is 1. The smallest absolute Gasteiger partial charge is 0.306 e. The molecular weight excluding hydrogens is 379 g/mol. The number of rotatable bonds is 7. The molecule has 1 amide bonds. The molecule has 0 aliphatic rings. The van der Waals surface area contributed by atoms with Crippen LogP contribution < -0.4 is 4.74 Å². The summed E-state index contributed by atoms with van der Waals surface area (Å²) in [6.45, 7) is -0.0471. The molecule has 0 saturated carbocycles. The van der Waals surface area contributed by atoms with Gasteiger partial charge in [0.15, 0.2) is 11.7 Å². The molecule has 1 aromatic carbocycles. The van der Waals surface area contributed by atoms with E-state index in [0.29, 0.717) is 17.9 Å². The average Bonchev–Trinajstić information content (AvgIpc) is 2.58. The van der Waals surface area contributed by atoms with Gasteiger partial charge >= 0.3 is 5.97 Å². The van der Waals surface area contributed by atoms with Gasteiger partial charge in [0.05, 0.1) is 29.1 Å². The molecule has 138 valence electrons. The number of benzene rings is 1. The number of hydrogen-bond donors (Lipinski definition) is 1. The van der Waals surface area contributed by atoms with E-state index in [1.807, 2.05) is 6.07 Å². The number of ether oxygens (including phenoxy) is 1. The Morgan fingerprint density at radius 3 is 2.62 bits per heavy atom. The first-order chi connectivity index (χ1) is 12.3. The normalized spacial score (nSPS) is 10.9. The molecule has 1 unspecified atom stereocenters. The van der Waals surface area contributed by atoms with Gasteiger partial charge in [-0.3, -0.25) is 9.59 Å². The largest absolute Gasteiger partial charge is 0.490 e. The zero-order chi connectivity index (χ0) is 19.7. The second kappa shape index (κ2) is 10.6. The Morgan fingerprint density at radius 2 is 2.04 bits per heavy atom. The SMILES string of the molecule is CN(C)C(=O)C(C#N)C#CCCc1ccc(Cl)c(OCCC(=O)O)c1Cl. The van der Waals surface area contributed by atoms with E-state index in [2.05, 4.69) is 11.8 Å². The zero-order valence-electron chi connectivity index (χ0n) is 14.4.